The zero-order valence-electron chi connectivity index (χ0n) is 11.0. The van der Waals surface area contributed by atoms with Crippen molar-refractivity contribution >= 4 is 29.3 Å². The molecule has 1 heterocycles. The van der Waals surface area contributed by atoms with Crippen LogP contribution < -0.4 is 9.47 Å². The molecule has 2 rings (SSSR count). The zero-order chi connectivity index (χ0) is 13.7. The van der Waals surface area contributed by atoms with Gasteiger partial charge in [-0.25, -0.2) is 0 Å². The van der Waals surface area contributed by atoms with E-state index >= 15 is 0 Å². The number of rotatable bonds is 5. The van der Waals surface area contributed by atoms with E-state index in [4.69, 9.17) is 9.47 Å². The highest BCUT2D eigenvalue weighted by molar-refractivity contribution is 8.25. The summed E-state index contributed by atoms with van der Waals surface area (Å²) in [7, 11) is 1.63. The fourth-order valence-electron chi connectivity index (χ4n) is 1.62. The van der Waals surface area contributed by atoms with Crippen LogP contribution in [0.2, 0.25) is 0 Å². The number of methoxy groups -OCH3 is 1. The molecular weight excluding hydrogens is 280 g/mol. The van der Waals surface area contributed by atoms with E-state index in [0.29, 0.717) is 6.61 Å². The fraction of sp³-hybridized carbons (Fsp3) is 0.357. The molecule has 0 aromatic heterocycles. The minimum atomic E-state index is 0.0883. The SMILES string of the molecule is COc1ccc(OCC(C(C)=O)=C2SCCS2)cc1. The molecule has 1 saturated heterocycles. The predicted octanol–water partition coefficient (Wildman–Crippen LogP) is 3.35. The molecule has 0 amide bonds. The number of benzene rings is 1. The lowest BCUT2D eigenvalue weighted by molar-refractivity contribution is -0.113. The number of carbonyl (C=O) groups is 1. The van der Waals surface area contributed by atoms with Gasteiger partial charge in [-0.2, -0.15) is 0 Å². The third-order valence-corrected chi connectivity index (χ3v) is 5.46. The quantitative estimate of drug-likeness (QED) is 0.779. The summed E-state index contributed by atoms with van der Waals surface area (Å²) in [4.78, 5) is 11.7. The molecule has 102 valence electrons. The number of Topliss-reactive ketones (excluding diaryl/α,β-unsaturated/α-hetero) is 1. The first-order chi connectivity index (χ1) is 9.20. The first-order valence-electron chi connectivity index (χ1n) is 5.97. The lowest BCUT2D eigenvalue weighted by atomic mass is 10.2. The number of hydrogen-bond acceptors (Lipinski definition) is 5. The fourth-order valence-corrected chi connectivity index (χ4v) is 4.24. The van der Waals surface area contributed by atoms with Crippen LogP contribution in [-0.2, 0) is 4.79 Å². The van der Waals surface area contributed by atoms with Crippen molar-refractivity contribution in [1.82, 2.24) is 0 Å². The van der Waals surface area contributed by atoms with Crippen molar-refractivity contribution in [3.8, 4) is 11.5 Å². The van der Waals surface area contributed by atoms with Gasteiger partial charge in [-0.15, -0.1) is 23.5 Å². The van der Waals surface area contributed by atoms with Crippen LogP contribution in [0.15, 0.2) is 34.1 Å². The minimum Gasteiger partial charge on any atom is -0.497 e. The van der Waals surface area contributed by atoms with Gasteiger partial charge >= 0.3 is 0 Å². The molecule has 0 atom stereocenters. The molecule has 1 aromatic rings. The Hall–Kier alpha value is -1.07. The normalized spacial score (nSPS) is 14.3. The van der Waals surface area contributed by atoms with Crippen molar-refractivity contribution in [1.29, 1.82) is 0 Å². The van der Waals surface area contributed by atoms with Gasteiger partial charge in [0, 0.05) is 11.5 Å². The standard InChI is InChI=1S/C14H16O3S2/c1-10(15)13(14-18-7-8-19-14)9-17-12-5-3-11(16-2)4-6-12/h3-6H,7-9H2,1-2H3. The van der Waals surface area contributed by atoms with E-state index in [1.165, 1.54) is 0 Å². The molecule has 0 saturated carbocycles. The summed E-state index contributed by atoms with van der Waals surface area (Å²) in [6, 6.07) is 7.37. The molecule has 1 aliphatic rings. The van der Waals surface area contributed by atoms with Crippen molar-refractivity contribution in [3.63, 3.8) is 0 Å². The molecule has 0 spiro atoms. The largest absolute Gasteiger partial charge is 0.497 e. The monoisotopic (exact) mass is 296 g/mol. The van der Waals surface area contributed by atoms with Crippen molar-refractivity contribution in [2.24, 2.45) is 0 Å². The lowest BCUT2D eigenvalue weighted by Crippen LogP contribution is -2.09. The van der Waals surface area contributed by atoms with Gasteiger partial charge in [-0.05, 0) is 31.2 Å². The third kappa shape index (κ3) is 3.94. The topological polar surface area (TPSA) is 35.5 Å². The van der Waals surface area contributed by atoms with Crippen molar-refractivity contribution in [2.75, 3.05) is 25.2 Å². The van der Waals surface area contributed by atoms with Crippen LogP contribution in [0.5, 0.6) is 11.5 Å². The highest BCUT2D eigenvalue weighted by Gasteiger charge is 2.17. The van der Waals surface area contributed by atoms with Crippen LogP contribution in [-0.4, -0.2) is 31.0 Å². The number of hydrogen-bond donors (Lipinski definition) is 0. The zero-order valence-corrected chi connectivity index (χ0v) is 12.6. The molecule has 0 unspecified atom stereocenters. The molecule has 0 bridgehead atoms. The number of ketones is 1. The van der Waals surface area contributed by atoms with Crippen LogP contribution >= 0.6 is 23.5 Å². The first kappa shape index (κ1) is 14.3. The van der Waals surface area contributed by atoms with Gasteiger partial charge in [-0.3, -0.25) is 4.79 Å². The molecule has 1 aromatic carbocycles. The highest BCUT2D eigenvalue weighted by atomic mass is 32.2. The van der Waals surface area contributed by atoms with Crippen LogP contribution in [0.3, 0.4) is 0 Å². The molecule has 19 heavy (non-hydrogen) atoms. The number of ether oxygens (including phenoxy) is 2. The summed E-state index contributed by atoms with van der Waals surface area (Å²) >= 11 is 3.48. The number of thioether (sulfide) groups is 2. The molecule has 3 nitrogen and oxygen atoms in total. The Labute approximate surface area is 121 Å². The molecule has 1 fully saturated rings. The molecule has 0 aliphatic carbocycles. The van der Waals surface area contributed by atoms with E-state index in [9.17, 15) is 4.79 Å². The first-order valence-corrected chi connectivity index (χ1v) is 7.94. The van der Waals surface area contributed by atoms with Gasteiger partial charge in [0.05, 0.1) is 16.9 Å². The van der Waals surface area contributed by atoms with E-state index in [2.05, 4.69) is 0 Å². The highest BCUT2D eigenvalue weighted by Crippen LogP contribution is 2.39. The van der Waals surface area contributed by atoms with E-state index in [-0.39, 0.29) is 5.78 Å². The Morgan fingerprint density at radius 1 is 1.16 bits per heavy atom. The van der Waals surface area contributed by atoms with Crippen LogP contribution in [0, 0.1) is 0 Å². The summed E-state index contributed by atoms with van der Waals surface area (Å²) in [5, 5.41) is 0. The Morgan fingerprint density at radius 3 is 2.26 bits per heavy atom. The molecule has 1 aliphatic heterocycles. The van der Waals surface area contributed by atoms with Crippen LogP contribution in [0.4, 0.5) is 0 Å². The smallest absolute Gasteiger partial charge is 0.160 e. The molecule has 0 N–H and O–H groups in total. The summed E-state index contributed by atoms with van der Waals surface area (Å²) in [5.41, 5.74) is 0.781. The third-order valence-electron chi connectivity index (χ3n) is 2.66. The van der Waals surface area contributed by atoms with E-state index in [1.54, 1.807) is 37.6 Å². The average molecular weight is 296 g/mol. The minimum absolute atomic E-state index is 0.0883. The van der Waals surface area contributed by atoms with Gasteiger partial charge in [0.2, 0.25) is 0 Å². The maximum Gasteiger partial charge on any atom is 0.160 e. The maximum absolute atomic E-state index is 11.7. The van der Waals surface area contributed by atoms with Gasteiger partial charge in [0.25, 0.3) is 0 Å². The van der Waals surface area contributed by atoms with Gasteiger partial charge in [-0.1, -0.05) is 0 Å². The van der Waals surface area contributed by atoms with Crippen molar-refractivity contribution < 1.29 is 14.3 Å². The summed E-state index contributed by atoms with van der Waals surface area (Å²) < 4.78 is 11.9. The molecular formula is C14H16O3S2. The van der Waals surface area contributed by atoms with Gasteiger partial charge in [0.1, 0.15) is 18.1 Å². The second-order valence-corrected chi connectivity index (χ2v) is 6.45. The summed E-state index contributed by atoms with van der Waals surface area (Å²) in [6.45, 7) is 1.93. The Morgan fingerprint density at radius 2 is 1.74 bits per heavy atom. The van der Waals surface area contributed by atoms with Gasteiger partial charge in [0.15, 0.2) is 5.78 Å². The molecule has 5 heteroatoms. The lowest BCUT2D eigenvalue weighted by Gasteiger charge is -2.10. The molecule has 0 radical (unpaired) electrons. The van der Waals surface area contributed by atoms with Crippen molar-refractivity contribution in [2.45, 2.75) is 6.92 Å². The summed E-state index contributed by atoms with van der Waals surface area (Å²) in [5.74, 6) is 3.76. The average Bonchev–Trinajstić information content (AvgIpc) is 2.93. The predicted molar refractivity (Wildman–Crippen MR) is 81.1 cm³/mol. The Kier molecular flexibility index (Phi) is 5.22. The second-order valence-electron chi connectivity index (χ2n) is 3.98. The maximum atomic E-state index is 11.7. The van der Waals surface area contributed by atoms with Crippen LogP contribution in [0.25, 0.3) is 0 Å². The van der Waals surface area contributed by atoms with Crippen LogP contribution in [0.1, 0.15) is 6.92 Å². The Bertz CT molecular complexity index is 472. The van der Waals surface area contributed by atoms with E-state index < -0.39 is 0 Å². The number of carbonyl (C=O) groups excluding carboxylic acids is 1. The Balaban J connectivity index is 2.02. The summed E-state index contributed by atoms with van der Waals surface area (Å²) in [6.07, 6.45) is 0. The second kappa shape index (κ2) is 6.91. The van der Waals surface area contributed by atoms with E-state index in [1.807, 2.05) is 24.3 Å². The van der Waals surface area contributed by atoms with Gasteiger partial charge < -0.3 is 9.47 Å². The van der Waals surface area contributed by atoms with Crippen molar-refractivity contribution in [3.05, 3.63) is 34.1 Å². The van der Waals surface area contributed by atoms with E-state index in [0.717, 1.165) is 32.8 Å².